The summed E-state index contributed by atoms with van der Waals surface area (Å²) in [6.45, 7) is 8.20. The fraction of sp³-hybridized carbons (Fsp3) is 0.333. The van der Waals surface area contributed by atoms with E-state index in [4.69, 9.17) is 4.74 Å². The minimum atomic E-state index is -0.0372. The topological polar surface area (TPSA) is 39.2 Å². The summed E-state index contributed by atoms with van der Waals surface area (Å²) in [4.78, 5) is 17.6. The van der Waals surface area contributed by atoms with E-state index in [1.807, 2.05) is 31.2 Å². The van der Waals surface area contributed by atoms with Crippen molar-refractivity contribution in [2.75, 3.05) is 7.11 Å². The summed E-state index contributed by atoms with van der Waals surface area (Å²) < 4.78 is 5.18. The Balaban J connectivity index is 2.22. The predicted octanol–water partition coefficient (Wildman–Crippen LogP) is 4.65. The third kappa shape index (κ3) is 3.83. The maximum Gasteiger partial charge on any atom is 0.197 e. The predicted molar refractivity (Wildman–Crippen MR) is 91.9 cm³/mol. The van der Waals surface area contributed by atoms with Gasteiger partial charge in [0.1, 0.15) is 5.75 Å². The van der Waals surface area contributed by atoms with Gasteiger partial charge >= 0.3 is 0 Å². The Morgan fingerprint density at radius 3 is 2.64 bits per heavy atom. The van der Waals surface area contributed by atoms with Crippen LogP contribution in [0.2, 0.25) is 0 Å². The standard InChI is InChI=1S/C18H21NO2S/c1-12-16(22-17(19-12)18(2,3)4)15(20)10-9-13-7-6-8-14(11-13)21-5/h6-11H,1-5H3/b10-9+. The first kappa shape index (κ1) is 16.4. The smallest absolute Gasteiger partial charge is 0.197 e. The molecule has 0 saturated carbocycles. The first-order valence-corrected chi connectivity index (χ1v) is 7.97. The second-order valence-electron chi connectivity index (χ2n) is 6.16. The van der Waals surface area contributed by atoms with E-state index in [-0.39, 0.29) is 11.2 Å². The van der Waals surface area contributed by atoms with Crippen LogP contribution in [-0.2, 0) is 5.41 Å². The van der Waals surface area contributed by atoms with Gasteiger partial charge in [-0.1, -0.05) is 39.0 Å². The molecule has 2 rings (SSSR count). The number of aromatic nitrogens is 1. The SMILES string of the molecule is COc1cccc(/C=C/C(=O)c2sc(C(C)(C)C)nc2C)c1. The molecule has 3 nitrogen and oxygen atoms in total. The van der Waals surface area contributed by atoms with Crippen LogP contribution in [0, 0.1) is 6.92 Å². The molecule has 0 aliphatic carbocycles. The van der Waals surface area contributed by atoms with Gasteiger partial charge < -0.3 is 4.74 Å². The number of rotatable bonds is 4. The molecule has 1 aromatic carbocycles. The zero-order chi connectivity index (χ0) is 16.3. The third-order valence-corrected chi connectivity index (χ3v) is 4.78. The Bertz CT molecular complexity index is 708. The molecular weight excluding hydrogens is 294 g/mol. The molecule has 0 fully saturated rings. The molecule has 0 atom stereocenters. The largest absolute Gasteiger partial charge is 0.497 e. The van der Waals surface area contributed by atoms with Crippen LogP contribution in [0.5, 0.6) is 5.75 Å². The Morgan fingerprint density at radius 1 is 1.32 bits per heavy atom. The zero-order valence-corrected chi connectivity index (χ0v) is 14.5. The number of carbonyl (C=O) groups excluding carboxylic acids is 1. The molecule has 4 heteroatoms. The maximum absolute atomic E-state index is 12.4. The van der Waals surface area contributed by atoms with Gasteiger partial charge in [-0.2, -0.15) is 0 Å². The summed E-state index contributed by atoms with van der Waals surface area (Å²) in [6.07, 6.45) is 3.41. The highest BCUT2D eigenvalue weighted by Gasteiger charge is 2.22. The molecule has 0 unspecified atom stereocenters. The Labute approximate surface area is 135 Å². The van der Waals surface area contributed by atoms with Crippen molar-refractivity contribution in [3.63, 3.8) is 0 Å². The first-order valence-electron chi connectivity index (χ1n) is 7.15. The average Bonchev–Trinajstić information content (AvgIpc) is 2.87. The van der Waals surface area contributed by atoms with Crippen LogP contribution in [0.1, 0.15) is 46.7 Å². The number of methoxy groups -OCH3 is 1. The van der Waals surface area contributed by atoms with Crippen LogP contribution in [0.25, 0.3) is 6.08 Å². The van der Waals surface area contributed by atoms with E-state index in [1.54, 1.807) is 19.3 Å². The van der Waals surface area contributed by atoms with Crippen molar-refractivity contribution in [1.29, 1.82) is 0 Å². The number of ether oxygens (including phenoxy) is 1. The summed E-state index contributed by atoms with van der Waals surface area (Å²) >= 11 is 1.48. The van der Waals surface area contributed by atoms with Crippen molar-refractivity contribution in [1.82, 2.24) is 4.98 Å². The van der Waals surface area contributed by atoms with Crippen LogP contribution in [0.3, 0.4) is 0 Å². The number of hydrogen-bond acceptors (Lipinski definition) is 4. The van der Waals surface area contributed by atoms with Gasteiger partial charge in [0.2, 0.25) is 0 Å². The lowest BCUT2D eigenvalue weighted by atomic mass is 9.98. The molecule has 0 aliphatic heterocycles. The van der Waals surface area contributed by atoms with E-state index in [9.17, 15) is 4.79 Å². The van der Waals surface area contributed by atoms with Gasteiger partial charge in [0.25, 0.3) is 0 Å². The number of aryl methyl sites for hydroxylation is 1. The summed E-state index contributed by atoms with van der Waals surface area (Å²) in [6, 6.07) is 7.61. The number of thiazole rings is 1. The van der Waals surface area contributed by atoms with Gasteiger partial charge in [-0.25, -0.2) is 4.98 Å². The van der Waals surface area contributed by atoms with Gasteiger partial charge in [-0.3, -0.25) is 4.79 Å². The van der Waals surface area contributed by atoms with Gasteiger partial charge in [-0.05, 0) is 30.7 Å². The Morgan fingerprint density at radius 2 is 2.05 bits per heavy atom. The number of carbonyl (C=O) groups is 1. The number of ketones is 1. The van der Waals surface area contributed by atoms with Crippen molar-refractivity contribution in [2.45, 2.75) is 33.1 Å². The number of allylic oxidation sites excluding steroid dienone is 1. The van der Waals surface area contributed by atoms with Gasteiger partial charge in [0.15, 0.2) is 5.78 Å². The molecule has 0 bridgehead atoms. The highest BCUT2D eigenvalue weighted by molar-refractivity contribution is 7.14. The normalized spacial score (nSPS) is 11.9. The molecule has 2 aromatic rings. The quantitative estimate of drug-likeness (QED) is 0.609. The van der Waals surface area contributed by atoms with E-state index in [2.05, 4.69) is 25.8 Å². The average molecular weight is 315 g/mol. The molecule has 1 aromatic heterocycles. The van der Waals surface area contributed by atoms with E-state index in [0.29, 0.717) is 4.88 Å². The van der Waals surface area contributed by atoms with E-state index in [0.717, 1.165) is 22.0 Å². The Kier molecular flexibility index (Phi) is 4.81. The summed E-state index contributed by atoms with van der Waals surface area (Å²) in [7, 11) is 1.63. The monoisotopic (exact) mass is 315 g/mol. The summed E-state index contributed by atoms with van der Waals surface area (Å²) in [5.41, 5.74) is 1.70. The fourth-order valence-corrected chi connectivity index (χ4v) is 2.98. The van der Waals surface area contributed by atoms with E-state index in [1.165, 1.54) is 11.3 Å². The zero-order valence-electron chi connectivity index (χ0n) is 13.6. The number of hydrogen-bond donors (Lipinski definition) is 0. The highest BCUT2D eigenvalue weighted by atomic mass is 32.1. The van der Waals surface area contributed by atoms with Crippen LogP contribution < -0.4 is 4.74 Å². The van der Waals surface area contributed by atoms with Gasteiger partial charge in [-0.15, -0.1) is 11.3 Å². The fourth-order valence-electron chi connectivity index (χ4n) is 1.94. The lowest BCUT2D eigenvalue weighted by Gasteiger charge is -2.13. The van der Waals surface area contributed by atoms with Crippen molar-refractivity contribution < 1.29 is 9.53 Å². The molecule has 0 amide bonds. The van der Waals surface area contributed by atoms with Crippen LogP contribution in [0.4, 0.5) is 0 Å². The molecule has 0 N–H and O–H groups in total. The van der Waals surface area contributed by atoms with Crippen LogP contribution >= 0.6 is 11.3 Å². The summed E-state index contributed by atoms with van der Waals surface area (Å²) in [5.74, 6) is 0.770. The van der Waals surface area contributed by atoms with E-state index >= 15 is 0 Å². The van der Waals surface area contributed by atoms with Crippen molar-refractivity contribution >= 4 is 23.2 Å². The molecule has 0 radical (unpaired) electrons. The van der Waals surface area contributed by atoms with Crippen molar-refractivity contribution in [2.24, 2.45) is 0 Å². The third-order valence-electron chi connectivity index (χ3n) is 3.18. The summed E-state index contributed by atoms with van der Waals surface area (Å²) in [5, 5.41) is 0.989. The highest BCUT2D eigenvalue weighted by Crippen LogP contribution is 2.29. The molecule has 22 heavy (non-hydrogen) atoms. The molecule has 0 saturated heterocycles. The van der Waals surface area contributed by atoms with Crippen molar-refractivity contribution in [3.05, 3.63) is 51.5 Å². The molecule has 1 heterocycles. The van der Waals surface area contributed by atoms with Crippen LogP contribution in [-0.4, -0.2) is 17.9 Å². The number of benzene rings is 1. The second kappa shape index (κ2) is 6.44. The lowest BCUT2D eigenvalue weighted by Crippen LogP contribution is -2.10. The van der Waals surface area contributed by atoms with Crippen LogP contribution in [0.15, 0.2) is 30.3 Å². The number of nitrogens with zero attached hydrogens (tertiary/aromatic N) is 1. The Hall–Kier alpha value is -1.94. The van der Waals surface area contributed by atoms with Gasteiger partial charge in [0.05, 0.1) is 22.7 Å². The molecule has 0 spiro atoms. The lowest BCUT2D eigenvalue weighted by molar-refractivity contribution is 0.105. The minimum absolute atomic E-state index is 0.00619. The first-order chi connectivity index (χ1) is 10.3. The molecule has 116 valence electrons. The van der Waals surface area contributed by atoms with Crippen molar-refractivity contribution in [3.8, 4) is 5.75 Å². The van der Waals surface area contributed by atoms with Gasteiger partial charge in [0, 0.05) is 5.41 Å². The second-order valence-corrected chi connectivity index (χ2v) is 7.16. The van der Waals surface area contributed by atoms with E-state index < -0.39 is 0 Å². The molecular formula is C18H21NO2S. The maximum atomic E-state index is 12.4. The minimum Gasteiger partial charge on any atom is -0.497 e. The molecule has 0 aliphatic rings.